The van der Waals surface area contributed by atoms with Gasteiger partial charge in [0.2, 0.25) is 0 Å². The van der Waals surface area contributed by atoms with Crippen molar-refractivity contribution in [2.75, 3.05) is 0 Å². The molecule has 62 valence electrons. The van der Waals surface area contributed by atoms with Crippen molar-refractivity contribution in [2.24, 2.45) is 5.92 Å². The van der Waals surface area contributed by atoms with Gasteiger partial charge in [0.05, 0.1) is 0 Å². The molecule has 0 aromatic heterocycles. The molecule has 0 aromatic carbocycles. The van der Waals surface area contributed by atoms with Crippen molar-refractivity contribution in [2.45, 2.75) is 26.4 Å². The van der Waals surface area contributed by atoms with E-state index >= 15 is 0 Å². The Morgan fingerprint density at radius 2 is 2.09 bits per heavy atom. The first kappa shape index (κ1) is 8.44. The zero-order valence-electron chi connectivity index (χ0n) is 6.77. The highest BCUT2D eigenvalue weighted by Crippen LogP contribution is 2.29. The van der Waals surface area contributed by atoms with Crippen molar-refractivity contribution in [3.8, 4) is 0 Å². The topological polar surface area (TPSA) is 0 Å². The fourth-order valence-corrected chi connectivity index (χ4v) is 1.20. The van der Waals surface area contributed by atoms with Gasteiger partial charge in [-0.2, -0.15) is 0 Å². The van der Waals surface area contributed by atoms with E-state index in [1.807, 2.05) is 6.92 Å². The molecule has 2 heteroatoms. The summed E-state index contributed by atoms with van der Waals surface area (Å²) in [5.74, 6) is -0.940. The van der Waals surface area contributed by atoms with E-state index < -0.39 is 12.1 Å². The van der Waals surface area contributed by atoms with E-state index in [1.54, 1.807) is 13.0 Å². The first-order valence-corrected chi connectivity index (χ1v) is 3.87. The van der Waals surface area contributed by atoms with Gasteiger partial charge in [-0.3, -0.25) is 0 Å². The summed E-state index contributed by atoms with van der Waals surface area (Å²) < 4.78 is 25.9. The zero-order valence-corrected chi connectivity index (χ0v) is 6.77. The molecule has 0 fully saturated rings. The summed E-state index contributed by atoms with van der Waals surface area (Å²) in [6, 6.07) is 0. The Morgan fingerprint density at radius 1 is 1.45 bits per heavy atom. The SMILES string of the molecule is CCC1=CC=C(F)C(C)C1F. The van der Waals surface area contributed by atoms with Crippen LogP contribution in [0.2, 0.25) is 0 Å². The molecule has 0 saturated heterocycles. The Bertz CT molecular complexity index is 204. The van der Waals surface area contributed by atoms with Crippen LogP contribution in [0.5, 0.6) is 0 Å². The fraction of sp³-hybridized carbons (Fsp3) is 0.556. The van der Waals surface area contributed by atoms with Gasteiger partial charge in [-0.05, 0) is 18.1 Å². The normalized spacial score (nSPS) is 31.3. The lowest BCUT2D eigenvalue weighted by atomic mass is 9.91. The van der Waals surface area contributed by atoms with Crippen molar-refractivity contribution in [3.05, 3.63) is 23.6 Å². The third-order valence-corrected chi connectivity index (χ3v) is 2.09. The molecular formula is C9H12F2. The summed E-state index contributed by atoms with van der Waals surface area (Å²) in [6.45, 7) is 3.45. The second-order valence-corrected chi connectivity index (χ2v) is 2.84. The standard InChI is InChI=1S/C9H12F2/c1-3-7-4-5-8(10)6(2)9(7)11/h4-6,9H,3H2,1-2H3. The van der Waals surface area contributed by atoms with E-state index in [1.165, 1.54) is 6.08 Å². The predicted molar refractivity (Wildman–Crippen MR) is 41.6 cm³/mol. The number of hydrogen-bond donors (Lipinski definition) is 0. The number of hydrogen-bond acceptors (Lipinski definition) is 0. The van der Waals surface area contributed by atoms with E-state index in [9.17, 15) is 8.78 Å². The van der Waals surface area contributed by atoms with Gasteiger partial charge in [0.1, 0.15) is 12.0 Å². The molecule has 0 nitrogen and oxygen atoms in total. The fourth-order valence-electron chi connectivity index (χ4n) is 1.20. The monoisotopic (exact) mass is 158 g/mol. The number of rotatable bonds is 1. The van der Waals surface area contributed by atoms with Crippen LogP contribution in [0, 0.1) is 5.92 Å². The molecule has 0 saturated carbocycles. The van der Waals surface area contributed by atoms with Gasteiger partial charge in [0.15, 0.2) is 0 Å². The second-order valence-electron chi connectivity index (χ2n) is 2.84. The third-order valence-electron chi connectivity index (χ3n) is 2.09. The summed E-state index contributed by atoms with van der Waals surface area (Å²) in [7, 11) is 0. The lowest BCUT2D eigenvalue weighted by Crippen LogP contribution is -2.18. The first-order chi connectivity index (χ1) is 5.16. The van der Waals surface area contributed by atoms with Crippen LogP contribution in [0.1, 0.15) is 20.3 Å². The Hall–Kier alpha value is -0.660. The van der Waals surface area contributed by atoms with Gasteiger partial charge in [0.25, 0.3) is 0 Å². The smallest absolute Gasteiger partial charge is 0.130 e. The summed E-state index contributed by atoms with van der Waals surface area (Å²) in [5.41, 5.74) is 0.693. The van der Waals surface area contributed by atoms with Crippen LogP contribution in [0.25, 0.3) is 0 Å². The lowest BCUT2D eigenvalue weighted by Gasteiger charge is -2.20. The summed E-state index contributed by atoms with van der Waals surface area (Å²) in [6.07, 6.45) is 2.44. The van der Waals surface area contributed by atoms with Crippen LogP contribution in [0.3, 0.4) is 0 Å². The Balaban J connectivity index is 2.84. The maximum atomic E-state index is 13.1. The molecule has 0 N–H and O–H groups in total. The van der Waals surface area contributed by atoms with Crippen molar-refractivity contribution in [3.63, 3.8) is 0 Å². The van der Waals surface area contributed by atoms with Crippen LogP contribution in [0.4, 0.5) is 8.78 Å². The predicted octanol–water partition coefficient (Wildman–Crippen LogP) is 3.16. The Kier molecular flexibility index (Phi) is 2.42. The summed E-state index contributed by atoms with van der Waals surface area (Å²) in [4.78, 5) is 0. The molecule has 1 aliphatic rings. The molecule has 0 aliphatic heterocycles. The molecule has 1 aliphatic carbocycles. The van der Waals surface area contributed by atoms with E-state index in [0.717, 1.165) is 0 Å². The highest BCUT2D eigenvalue weighted by molar-refractivity contribution is 5.26. The average molecular weight is 158 g/mol. The van der Waals surface area contributed by atoms with E-state index in [4.69, 9.17) is 0 Å². The van der Waals surface area contributed by atoms with Crippen molar-refractivity contribution in [1.29, 1.82) is 0 Å². The molecule has 2 atom stereocenters. The van der Waals surface area contributed by atoms with E-state index in [0.29, 0.717) is 12.0 Å². The highest BCUT2D eigenvalue weighted by Gasteiger charge is 2.25. The minimum atomic E-state index is -1.12. The number of allylic oxidation sites excluding steroid dienone is 4. The maximum absolute atomic E-state index is 13.1. The largest absolute Gasteiger partial charge is 0.242 e. The van der Waals surface area contributed by atoms with Crippen LogP contribution < -0.4 is 0 Å². The average Bonchev–Trinajstić information content (AvgIpc) is 2.01. The zero-order chi connectivity index (χ0) is 8.43. The second kappa shape index (κ2) is 3.16. The van der Waals surface area contributed by atoms with Gasteiger partial charge in [0, 0.05) is 5.92 Å². The van der Waals surface area contributed by atoms with Gasteiger partial charge in [-0.15, -0.1) is 0 Å². The van der Waals surface area contributed by atoms with Crippen LogP contribution >= 0.6 is 0 Å². The van der Waals surface area contributed by atoms with Crippen molar-refractivity contribution in [1.82, 2.24) is 0 Å². The van der Waals surface area contributed by atoms with E-state index in [-0.39, 0.29) is 5.83 Å². The van der Waals surface area contributed by atoms with Crippen LogP contribution in [-0.2, 0) is 0 Å². The molecule has 2 unspecified atom stereocenters. The molecule has 0 spiro atoms. The van der Waals surface area contributed by atoms with Crippen LogP contribution in [-0.4, -0.2) is 6.17 Å². The van der Waals surface area contributed by atoms with Gasteiger partial charge in [-0.25, -0.2) is 8.78 Å². The van der Waals surface area contributed by atoms with Crippen molar-refractivity contribution >= 4 is 0 Å². The molecule has 0 heterocycles. The third kappa shape index (κ3) is 1.50. The molecule has 0 bridgehead atoms. The Morgan fingerprint density at radius 3 is 2.64 bits per heavy atom. The molecule has 11 heavy (non-hydrogen) atoms. The minimum absolute atomic E-state index is 0.352. The first-order valence-electron chi connectivity index (χ1n) is 3.87. The van der Waals surface area contributed by atoms with Crippen molar-refractivity contribution < 1.29 is 8.78 Å². The molecule has 0 aromatic rings. The minimum Gasteiger partial charge on any atom is -0.242 e. The van der Waals surface area contributed by atoms with E-state index in [2.05, 4.69) is 0 Å². The maximum Gasteiger partial charge on any atom is 0.130 e. The summed E-state index contributed by atoms with van der Waals surface area (Å²) in [5, 5.41) is 0. The van der Waals surface area contributed by atoms with Crippen LogP contribution in [0.15, 0.2) is 23.6 Å². The molecule has 0 radical (unpaired) electrons. The number of alkyl halides is 1. The highest BCUT2D eigenvalue weighted by atomic mass is 19.1. The van der Waals surface area contributed by atoms with Gasteiger partial charge in [-0.1, -0.05) is 19.9 Å². The van der Waals surface area contributed by atoms with Gasteiger partial charge >= 0.3 is 0 Å². The Labute approximate surface area is 65.6 Å². The molecule has 0 amide bonds. The molecular weight excluding hydrogens is 146 g/mol. The number of halogens is 2. The summed E-state index contributed by atoms with van der Waals surface area (Å²) >= 11 is 0. The molecule has 1 rings (SSSR count). The quantitative estimate of drug-likeness (QED) is 0.549. The lowest BCUT2D eigenvalue weighted by molar-refractivity contribution is 0.272. The van der Waals surface area contributed by atoms with Gasteiger partial charge < -0.3 is 0 Å².